The van der Waals surface area contributed by atoms with E-state index in [2.05, 4.69) is 16.9 Å². The maximum atomic E-state index is 11.4. The highest BCUT2D eigenvalue weighted by atomic mass is 32.1. The molecule has 0 aliphatic carbocycles. The van der Waals surface area contributed by atoms with E-state index >= 15 is 0 Å². The third kappa shape index (κ3) is 2.42. The monoisotopic (exact) mass is 301 g/mol. The van der Waals surface area contributed by atoms with Crippen molar-refractivity contribution in [3.63, 3.8) is 0 Å². The van der Waals surface area contributed by atoms with Crippen molar-refractivity contribution in [3.05, 3.63) is 45.7 Å². The van der Waals surface area contributed by atoms with Crippen molar-refractivity contribution >= 4 is 28.3 Å². The van der Waals surface area contributed by atoms with Crippen LogP contribution >= 0.6 is 11.3 Å². The molecule has 0 amide bonds. The van der Waals surface area contributed by atoms with Crippen LogP contribution in [0.25, 0.3) is 11.0 Å². The summed E-state index contributed by atoms with van der Waals surface area (Å²) < 4.78 is 1.93. The number of carboxylic acids is 1. The van der Waals surface area contributed by atoms with Crippen LogP contribution < -0.4 is 0 Å². The van der Waals surface area contributed by atoms with E-state index in [-0.39, 0.29) is 5.56 Å². The number of nitrogens with zero attached hydrogens (tertiary/aromatic N) is 3. The molecule has 0 spiro atoms. The van der Waals surface area contributed by atoms with Gasteiger partial charge in [0.25, 0.3) is 0 Å². The van der Waals surface area contributed by atoms with Crippen LogP contribution in [0.15, 0.2) is 24.4 Å². The van der Waals surface area contributed by atoms with Gasteiger partial charge >= 0.3 is 5.97 Å². The molecule has 0 saturated heterocycles. The first-order chi connectivity index (χ1) is 10.1. The van der Waals surface area contributed by atoms with Gasteiger partial charge in [-0.2, -0.15) is 0 Å². The van der Waals surface area contributed by atoms with E-state index in [1.807, 2.05) is 23.8 Å². The van der Waals surface area contributed by atoms with E-state index in [9.17, 15) is 9.90 Å². The largest absolute Gasteiger partial charge is 0.478 e. The Morgan fingerprint density at radius 2 is 2.24 bits per heavy atom. The molecule has 0 radical (unpaired) electrons. The Hall–Kier alpha value is -2.21. The van der Waals surface area contributed by atoms with E-state index in [0.29, 0.717) is 17.6 Å². The lowest BCUT2D eigenvalue weighted by Crippen LogP contribution is -2.06. The van der Waals surface area contributed by atoms with Gasteiger partial charge in [-0.05, 0) is 25.5 Å². The number of aromatic nitrogens is 3. The molecule has 1 N–H and O–H groups in total. The predicted molar refractivity (Wildman–Crippen MR) is 82.0 cm³/mol. The third-order valence-corrected chi connectivity index (χ3v) is 4.56. The SMILES string of the molecule is CCc1cnc(Cn2c(C)nc3cccc(C(=O)O)c32)s1. The summed E-state index contributed by atoms with van der Waals surface area (Å²) in [5, 5.41) is 10.3. The molecule has 0 unspecified atom stereocenters. The maximum absolute atomic E-state index is 11.4. The van der Waals surface area contributed by atoms with Crippen LogP contribution in [0.5, 0.6) is 0 Å². The lowest BCUT2D eigenvalue weighted by Gasteiger charge is -2.06. The van der Waals surface area contributed by atoms with Gasteiger partial charge in [-0.15, -0.1) is 11.3 Å². The molecule has 2 heterocycles. The molecule has 108 valence electrons. The highest BCUT2D eigenvalue weighted by Gasteiger charge is 2.16. The van der Waals surface area contributed by atoms with Gasteiger partial charge in [-0.25, -0.2) is 14.8 Å². The van der Waals surface area contributed by atoms with E-state index in [1.54, 1.807) is 23.5 Å². The van der Waals surface area contributed by atoms with Crippen LogP contribution in [0.3, 0.4) is 0 Å². The number of benzene rings is 1. The van der Waals surface area contributed by atoms with Crippen LogP contribution in [0, 0.1) is 6.92 Å². The predicted octanol–water partition coefficient (Wildman–Crippen LogP) is 3.11. The molecule has 3 aromatic rings. The summed E-state index contributed by atoms with van der Waals surface area (Å²) >= 11 is 1.66. The normalized spacial score (nSPS) is 11.1. The van der Waals surface area contributed by atoms with Gasteiger partial charge in [0, 0.05) is 11.1 Å². The van der Waals surface area contributed by atoms with Gasteiger partial charge in [-0.3, -0.25) is 0 Å². The smallest absolute Gasteiger partial charge is 0.337 e. The van der Waals surface area contributed by atoms with Crippen molar-refractivity contribution in [1.29, 1.82) is 0 Å². The van der Waals surface area contributed by atoms with Gasteiger partial charge in [0.1, 0.15) is 10.8 Å². The van der Waals surface area contributed by atoms with E-state index in [0.717, 1.165) is 17.3 Å². The summed E-state index contributed by atoms with van der Waals surface area (Å²) in [4.78, 5) is 21.5. The van der Waals surface area contributed by atoms with Crippen LogP contribution in [0.4, 0.5) is 0 Å². The van der Waals surface area contributed by atoms with Crippen molar-refractivity contribution < 1.29 is 9.90 Å². The number of fused-ring (bicyclic) bond motifs is 1. The summed E-state index contributed by atoms with van der Waals surface area (Å²) in [5.41, 5.74) is 1.65. The van der Waals surface area contributed by atoms with E-state index in [1.165, 1.54) is 4.88 Å². The van der Waals surface area contributed by atoms with Crippen molar-refractivity contribution in [2.45, 2.75) is 26.8 Å². The number of carboxylic acid groups (broad SMARTS) is 1. The molecule has 5 nitrogen and oxygen atoms in total. The number of para-hydroxylation sites is 1. The maximum Gasteiger partial charge on any atom is 0.337 e. The van der Waals surface area contributed by atoms with E-state index in [4.69, 9.17) is 0 Å². The van der Waals surface area contributed by atoms with Crippen molar-refractivity contribution in [1.82, 2.24) is 14.5 Å². The highest BCUT2D eigenvalue weighted by molar-refractivity contribution is 7.11. The van der Waals surface area contributed by atoms with Crippen LogP contribution in [-0.2, 0) is 13.0 Å². The minimum Gasteiger partial charge on any atom is -0.478 e. The standard InChI is InChI=1S/C15H15N3O2S/c1-3-10-7-16-13(21-10)8-18-9(2)17-12-6-4-5-11(14(12)18)15(19)20/h4-7H,3,8H2,1-2H3,(H,19,20). The van der Waals surface area contributed by atoms with Gasteiger partial charge < -0.3 is 9.67 Å². The number of carbonyl (C=O) groups is 1. The number of aromatic carboxylic acids is 1. The Morgan fingerprint density at radius 3 is 2.90 bits per heavy atom. The van der Waals surface area contributed by atoms with E-state index < -0.39 is 5.97 Å². The third-order valence-electron chi connectivity index (χ3n) is 3.43. The highest BCUT2D eigenvalue weighted by Crippen LogP contribution is 2.23. The zero-order valence-corrected chi connectivity index (χ0v) is 12.6. The zero-order chi connectivity index (χ0) is 15.0. The summed E-state index contributed by atoms with van der Waals surface area (Å²) in [5.74, 6) is -0.137. The molecule has 0 aliphatic heterocycles. The Kier molecular flexibility index (Phi) is 3.47. The van der Waals surface area contributed by atoms with Crippen LogP contribution in [-0.4, -0.2) is 25.6 Å². The number of thiazole rings is 1. The fraction of sp³-hybridized carbons (Fsp3) is 0.267. The lowest BCUT2D eigenvalue weighted by molar-refractivity contribution is 0.0698. The number of hydrogen-bond acceptors (Lipinski definition) is 4. The topological polar surface area (TPSA) is 68.0 Å². The summed E-state index contributed by atoms with van der Waals surface area (Å²) in [6.07, 6.45) is 2.84. The van der Waals surface area contributed by atoms with Gasteiger partial charge in [0.05, 0.1) is 23.1 Å². The fourth-order valence-electron chi connectivity index (χ4n) is 2.39. The Morgan fingerprint density at radius 1 is 1.43 bits per heavy atom. The minimum absolute atomic E-state index is 0.278. The number of rotatable bonds is 4. The molecule has 0 atom stereocenters. The zero-order valence-electron chi connectivity index (χ0n) is 11.8. The van der Waals surface area contributed by atoms with Gasteiger partial charge in [-0.1, -0.05) is 13.0 Å². The molecule has 1 aromatic carbocycles. The Balaban J connectivity index is 2.12. The second-order valence-corrected chi connectivity index (χ2v) is 6.00. The fourth-order valence-corrected chi connectivity index (χ4v) is 3.24. The molecule has 0 aliphatic rings. The van der Waals surface area contributed by atoms with Crippen molar-refractivity contribution in [2.24, 2.45) is 0 Å². The minimum atomic E-state index is -0.935. The second kappa shape index (κ2) is 5.29. The lowest BCUT2D eigenvalue weighted by atomic mass is 10.2. The van der Waals surface area contributed by atoms with Crippen molar-refractivity contribution in [3.8, 4) is 0 Å². The first kappa shape index (κ1) is 13.8. The van der Waals surface area contributed by atoms with Crippen LogP contribution in [0.2, 0.25) is 0 Å². The summed E-state index contributed by atoms with van der Waals surface area (Å²) in [6.45, 7) is 4.54. The number of aryl methyl sites for hydroxylation is 2. The molecular formula is C15H15N3O2S. The molecule has 0 saturated carbocycles. The Labute approximate surface area is 125 Å². The molecular weight excluding hydrogens is 286 g/mol. The number of imidazole rings is 1. The molecule has 21 heavy (non-hydrogen) atoms. The first-order valence-corrected chi connectivity index (χ1v) is 7.54. The molecule has 3 rings (SSSR count). The first-order valence-electron chi connectivity index (χ1n) is 6.73. The number of hydrogen-bond donors (Lipinski definition) is 1. The Bertz CT molecular complexity index is 820. The van der Waals surface area contributed by atoms with Gasteiger partial charge in [0.2, 0.25) is 0 Å². The second-order valence-electron chi connectivity index (χ2n) is 4.80. The molecule has 6 heteroatoms. The summed E-state index contributed by atoms with van der Waals surface area (Å²) in [6, 6.07) is 5.17. The van der Waals surface area contributed by atoms with Crippen molar-refractivity contribution in [2.75, 3.05) is 0 Å². The average Bonchev–Trinajstić information content (AvgIpc) is 3.04. The average molecular weight is 301 g/mol. The van der Waals surface area contributed by atoms with Gasteiger partial charge in [0.15, 0.2) is 0 Å². The molecule has 0 bridgehead atoms. The molecule has 0 fully saturated rings. The summed E-state index contributed by atoms with van der Waals surface area (Å²) in [7, 11) is 0. The quantitative estimate of drug-likeness (QED) is 0.804. The van der Waals surface area contributed by atoms with Crippen LogP contribution in [0.1, 0.15) is 33.0 Å². The molecule has 2 aromatic heterocycles.